The lowest BCUT2D eigenvalue weighted by Crippen LogP contribution is -2.29. The third-order valence-electron chi connectivity index (χ3n) is 5.41. The minimum Gasteiger partial charge on any atom is -0.303 e. The van der Waals surface area contributed by atoms with Crippen LogP contribution in [0.25, 0.3) is 5.70 Å². The summed E-state index contributed by atoms with van der Waals surface area (Å²) >= 11 is 0. The first-order valence-electron chi connectivity index (χ1n) is 10.9. The number of benzene rings is 4. The molecule has 4 aromatic carbocycles. The molecule has 0 saturated heterocycles. The lowest BCUT2D eigenvalue weighted by Gasteiger charge is -2.26. The van der Waals surface area contributed by atoms with E-state index in [2.05, 4.69) is 0 Å². The van der Waals surface area contributed by atoms with E-state index in [0.29, 0.717) is 23.4 Å². The molecule has 0 aromatic heterocycles. The van der Waals surface area contributed by atoms with Crippen LogP contribution in [-0.2, 0) is 6.54 Å². The number of nitrogens with zero attached hydrogens (tertiary/aromatic N) is 1. The van der Waals surface area contributed by atoms with Gasteiger partial charge in [-0.15, -0.1) is 0 Å². The number of hydrogen-bond donors (Lipinski definition) is 0. The van der Waals surface area contributed by atoms with Crippen LogP contribution in [0.15, 0.2) is 121 Å². The van der Waals surface area contributed by atoms with Crippen molar-refractivity contribution in [1.29, 1.82) is 0 Å². The Morgan fingerprint density at radius 1 is 0.636 bits per heavy atom. The van der Waals surface area contributed by atoms with Crippen LogP contribution >= 0.6 is 0 Å². The fourth-order valence-electron chi connectivity index (χ4n) is 3.61. The molecule has 0 bridgehead atoms. The number of ketones is 1. The summed E-state index contributed by atoms with van der Waals surface area (Å²) in [7, 11) is 0. The van der Waals surface area contributed by atoms with Gasteiger partial charge < -0.3 is 4.90 Å². The predicted octanol–water partition coefficient (Wildman–Crippen LogP) is 6.56. The lowest BCUT2D eigenvalue weighted by molar-refractivity contribution is 0.0827. The zero-order valence-corrected chi connectivity index (χ0v) is 18.5. The Bertz CT molecular complexity index is 1250. The highest BCUT2D eigenvalue weighted by Crippen LogP contribution is 2.25. The smallest absolute Gasteiger partial charge is 0.258 e. The number of amides is 1. The Morgan fingerprint density at radius 3 is 1.67 bits per heavy atom. The zero-order valence-electron chi connectivity index (χ0n) is 18.5. The summed E-state index contributed by atoms with van der Waals surface area (Å²) in [6.07, 6.45) is 1.57. The molecule has 162 valence electrons. The standard InChI is InChI=1S/C30H25NO2/c1-23-17-19-24(20-18-23)22-31(30(33)27-15-9-4-10-16-27)28(25-11-5-2-6-12-25)21-29(32)26-13-7-3-8-14-26/h2-21H,22H2,1H3/b28-21-. The monoisotopic (exact) mass is 431 g/mol. The maximum Gasteiger partial charge on any atom is 0.258 e. The molecular weight excluding hydrogens is 406 g/mol. The van der Waals surface area contributed by atoms with Gasteiger partial charge in [0, 0.05) is 17.2 Å². The average molecular weight is 432 g/mol. The van der Waals surface area contributed by atoms with Gasteiger partial charge in [0.1, 0.15) is 0 Å². The molecule has 0 saturated carbocycles. The van der Waals surface area contributed by atoms with Crippen LogP contribution in [0, 0.1) is 6.92 Å². The van der Waals surface area contributed by atoms with Crippen molar-refractivity contribution in [2.45, 2.75) is 13.5 Å². The van der Waals surface area contributed by atoms with E-state index < -0.39 is 0 Å². The van der Waals surface area contributed by atoms with Crippen LogP contribution in [0.1, 0.15) is 37.4 Å². The fraction of sp³-hybridized carbons (Fsp3) is 0.0667. The molecule has 4 rings (SSSR count). The molecule has 1 amide bonds. The summed E-state index contributed by atoms with van der Waals surface area (Å²) in [6.45, 7) is 2.38. The van der Waals surface area contributed by atoms with Gasteiger partial charge in [-0.1, -0.05) is 109 Å². The third-order valence-corrected chi connectivity index (χ3v) is 5.41. The Labute approximate surface area is 194 Å². The summed E-state index contributed by atoms with van der Waals surface area (Å²) in [5, 5.41) is 0. The van der Waals surface area contributed by atoms with Gasteiger partial charge >= 0.3 is 0 Å². The molecule has 0 radical (unpaired) electrons. The van der Waals surface area contributed by atoms with E-state index in [1.807, 2.05) is 97.9 Å². The molecule has 0 unspecified atom stereocenters. The molecule has 33 heavy (non-hydrogen) atoms. The zero-order chi connectivity index (χ0) is 23.0. The van der Waals surface area contributed by atoms with Crippen molar-refractivity contribution in [3.05, 3.63) is 149 Å². The van der Waals surface area contributed by atoms with Gasteiger partial charge in [-0.3, -0.25) is 9.59 Å². The number of carbonyl (C=O) groups excluding carboxylic acids is 2. The van der Waals surface area contributed by atoms with Gasteiger partial charge in [0.05, 0.1) is 12.2 Å². The molecule has 0 aliphatic rings. The summed E-state index contributed by atoms with van der Waals surface area (Å²) in [6, 6.07) is 36.0. The van der Waals surface area contributed by atoms with Gasteiger partial charge in [-0.2, -0.15) is 0 Å². The van der Waals surface area contributed by atoms with E-state index in [4.69, 9.17) is 0 Å². The van der Waals surface area contributed by atoms with E-state index in [-0.39, 0.29) is 11.7 Å². The summed E-state index contributed by atoms with van der Waals surface area (Å²) in [4.78, 5) is 28.6. The molecule has 3 heteroatoms. The Morgan fingerprint density at radius 2 is 1.12 bits per heavy atom. The first kappa shape index (κ1) is 22.0. The lowest BCUT2D eigenvalue weighted by atomic mass is 10.0. The van der Waals surface area contributed by atoms with Gasteiger partial charge in [-0.25, -0.2) is 0 Å². The van der Waals surface area contributed by atoms with Gasteiger partial charge in [0.15, 0.2) is 5.78 Å². The van der Waals surface area contributed by atoms with Crippen LogP contribution in [0.3, 0.4) is 0 Å². The second-order valence-electron chi connectivity index (χ2n) is 7.87. The van der Waals surface area contributed by atoms with Crippen molar-refractivity contribution >= 4 is 17.4 Å². The van der Waals surface area contributed by atoms with E-state index in [9.17, 15) is 9.59 Å². The molecule has 0 aliphatic carbocycles. The highest BCUT2D eigenvalue weighted by Gasteiger charge is 2.22. The number of rotatable bonds is 7. The largest absolute Gasteiger partial charge is 0.303 e. The molecule has 0 N–H and O–H groups in total. The Balaban J connectivity index is 1.83. The number of allylic oxidation sites excluding steroid dienone is 1. The minimum atomic E-state index is -0.160. The van der Waals surface area contributed by atoms with Crippen molar-refractivity contribution in [2.75, 3.05) is 0 Å². The number of hydrogen-bond acceptors (Lipinski definition) is 2. The average Bonchev–Trinajstić information content (AvgIpc) is 2.88. The highest BCUT2D eigenvalue weighted by molar-refractivity contribution is 6.10. The molecule has 0 heterocycles. The van der Waals surface area contributed by atoms with Crippen LogP contribution < -0.4 is 0 Å². The van der Waals surface area contributed by atoms with E-state index in [1.54, 1.807) is 35.2 Å². The van der Waals surface area contributed by atoms with Crippen molar-refractivity contribution in [3.8, 4) is 0 Å². The second kappa shape index (κ2) is 10.4. The minimum absolute atomic E-state index is 0.149. The van der Waals surface area contributed by atoms with Crippen molar-refractivity contribution in [1.82, 2.24) is 4.90 Å². The molecular formula is C30H25NO2. The Kier molecular flexibility index (Phi) is 6.91. The topological polar surface area (TPSA) is 37.4 Å². The first-order valence-corrected chi connectivity index (χ1v) is 10.9. The Hall–Kier alpha value is -4.24. The maximum absolute atomic E-state index is 13.7. The normalized spacial score (nSPS) is 11.1. The molecule has 0 spiro atoms. The first-order chi connectivity index (χ1) is 16.1. The van der Waals surface area contributed by atoms with Crippen molar-refractivity contribution < 1.29 is 9.59 Å². The maximum atomic E-state index is 13.7. The quantitative estimate of drug-likeness (QED) is 0.245. The van der Waals surface area contributed by atoms with Crippen LogP contribution in [-0.4, -0.2) is 16.6 Å². The van der Waals surface area contributed by atoms with Crippen LogP contribution in [0.4, 0.5) is 0 Å². The van der Waals surface area contributed by atoms with E-state index in [0.717, 1.165) is 16.7 Å². The molecule has 3 nitrogen and oxygen atoms in total. The molecule has 0 aliphatic heterocycles. The van der Waals surface area contributed by atoms with Crippen LogP contribution in [0.5, 0.6) is 0 Å². The summed E-state index contributed by atoms with van der Waals surface area (Å²) in [5.74, 6) is -0.309. The number of aryl methyl sites for hydroxylation is 1. The second-order valence-corrected chi connectivity index (χ2v) is 7.87. The molecule has 4 aromatic rings. The van der Waals surface area contributed by atoms with Crippen molar-refractivity contribution in [3.63, 3.8) is 0 Å². The molecule has 0 atom stereocenters. The van der Waals surface area contributed by atoms with Gasteiger partial charge in [-0.05, 0) is 30.2 Å². The van der Waals surface area contributed by atoms with Gasteiger partial charge in [0.25, 0.3) is 5.91 Å². The summed E-state index contributed by atoms with van der Waals surface area (Å²) in [5.41, 5.74) is 4.65. The highest BCUT2D eigenvalue weighted by atomic mass is 16.2. The van der Waals surface area contributed by atoms with Crippen LogP contribution in [0.2, 0.25) is 0 Å². The predicted molar refractivity (Wildman–Crippen MR) is 133 cm³/mol. The number of carbonyl (C=O) groups is 2. The summed E-state index contributed by atoms with van der Waals surface area (Å²) < 4.78 is 0. The van der Waals surface area contributed by atoms with Gasteiger partial charge in [0.2, 0.25) is 0 Å². The molecule has 0 fully saturated rings. The fourth-order valence-corrected chi connectivity index (χ4v) is 3.61. The third kappa shape index (κ3) is 5.52. The van der Waals surface area contributed by atoms with Crippen molar-refractivity contribution in [2.24, 2.45) is 0 Å². The SMILES string of the molecule is Cc1ccc(CN(C(=O)c2ccccc2)/C(=C\C(=O)c2ccccc2)c2ccccc2)cc1. The van der Waals surface area contributed by atoms with E-state index in [1.165, 1.54) is 0 Å². The van der Waals surface area contributed by atoms with E-state index >= 15 is 0 Å².